The zero-order valence-corrected chi connectivity index (χ0v) is 7.71. The third-order valence-electron chi connectivity index (χ3n) is 1.66. The summed E-state index contributed by atoms with van der Waals surface area (Å²) in [6.45, 7) is 2.34. The number of aryl methyl sites for hydroxylation is 1. The molecule has 6 nitrogen and oxygen atoms in total. The molecule has 13 heavy (non-hydrogen) atoms. The van der Waals surface area contributed by atoms with Crippen LogP contribution in [0.15, 0.2) is 10.9 Å². The Morgan fingerprint density at radius 1 is 1.69 bits per heavy atom. The number of hydrogen-bond donors (Lipinski definition) is 1. The largest absolute Gasteiger partial charge is 0.343 e. The Kier molecular flexibility index (Phi) is 1.93. The zero-order chi connectivity index (χ0) is 9.26. The Hall–Kier alpha value is -1.50. The molecule has 7 heteroatoms. The third kappa shape index (κ3) is 1.50. The molecule has 68 valence electrons. The van der Waals surface area contributed by atoms with Gasteiger partial charge in [-0.1, -0.05) is 5.16 Å². The van der Waals surface area contributed by atoms with Crippen molar-refractivity contribution < 1.29 is 4.52 Å². The van der Waals surface area contributed by atoms with Gasteiger partial charge >= 0.3 is 0 Å². The van der Waals surface area contributed by atoms with Crippen LogP contribution in [-0.2, 0) is 6.54 Å². The van der Waals surface area contributed by atoms with Crippen molar-refractivity contribution in [3.05, 3.63) is 22.8 Å². The van der Waals surface area contributed by atoms with E-state index in [1.165, 1.54) is 6.39 Å². The van der Waals surface area contributed by atoms with Crippen LogP contribution in [0, 0.1) is 11.7 Å². The van der Waals surface area contributed by atoms with Crippen LogP contribution >= 0.6 is 12.2 Å². The molecule has 0 saturated heterocycles. The van der Waals surface area contributed by atoms with Gasteiger partial charge < -0.3 is 4.52 Å². The van der Waals surface area contributed by atoms with Gasteiger partial charge in [-0.15, -0.1) is 0 Å². The van der Waals surface area contributed by atoms with Gasteiger partial charge in [0.25, 0.3) is 0 Å². The molecule has 0 atom stereocenters. The van der Waals surface area contributed by atoms with Crippen molar-refractivity contribution in [2.75, 3.05) is 0 Å². The molecule has 0 fully saturated rings. The summed E-state index contributed by atoms with van der Waals surface area (Å²) in [4.78, 5) is 3.89. The van der Waals surface area contributed by atoms with Gasteiger partial charge in [0.05, 0.1) is 6.54 Å². The fourth-order valence-corrected chi connectivity index (χ4v) is 1.23. The topological polar surface area (TPSA) is 72.5 Å². The van der Waals surface area contributed by atoms with Crippen molar-refractivity contribution in [1.29, 1.82) is 0 Å². The Bertz CT molecular complexity index is 442. The summed E-state index contributed by atoms with van der Waals surface area (Å²) in [5.74, 6) is 1.38. The maximum atomic E-state index is 5.00. The SMILES string of the molecule is Cc1n[nH]c(=S)n1Cc1ncon1. The number of rotatable bonds is 2. The molecular formula is C6H7N5OS. The second-order valence-electron chi connectivity index (χ2n) is 2.51. The number of aromatic amines is 1. The van der Waals surface area contributed by atoms with E-state index in [9.17, 15) is 0 Å². The average Bonchev–Trinajstić information content (AvgIpc) is 2.70. The smallest absolute Gasteiger partial charge is 0.213 e. The second-order valence-corrected chi connectivity index (χ2v) is 2.90. The van der Waals surface area contributed by atoms with Crippen LogP contribution in [0.5, 0.6) is 0 Å². The summed E-state index contributed by atoms with van der Waals surface area (Å²) in [5, 5.41) is 10.3. The number of aromatic nitrogens is 5. The molecule has 1 N–H and O–H groups in total. The molecule has 2 aromatic rings. The van der Waals surface area contributed by atoms with Crippen molar-refractivity contribution in [2.45, 2.75) is 13.5 Å². The van der Waals surface area contributed by atoms with Gasteiger partial charge in [-0.05, 0) is 19.1 Å². The third-order valence-corrected chi connectivity index (χ3v) is 1.97. The molecule has 0 amide bonds. The lowest BCUT2D eigenvalue weighted by Crippen LogP contribution is -2.03. The lowest BCUT2D eigenvalue weighted by atomic mass is 10.5. The minimum Gasteiger partial charge on any atom is -0.343 e. The van der Waals surface area contributed by atoms with E-state index in [0.717, 1.165) is 5.82 Å². The first kappa shape index (κ1) is 8.11. The number of H-pyrrole nitrogens is 1. The summed E-state index contributed by atoms with van der Waals surface area (Å²) in [6.07, 6.45) is 1.29. The normalized spacial score (nSPS) is 10.5. The molecule has 0 saturated carbocycles. The van der Waals surface area contributed by atoms with Crippen molar-refractivity contribution in [1.82, 2.24) is 24.9 Å². The van der Waals surface area contributed by atoms with E-state index in [1.807, 2.05) is 6.92 Å². The standard InChI is InChI=1S/C6H7N5OS/c1-4-8-9-6(13)11(4)2-5-7-3-12-10-5/h3H,2H2,1H3,(H,9,13). The highest BCUT2D eigenvalue weighted by molar-refractivity contribution is 7.71. The number of nitrogens with one attached hydrogen (secondary N) is 1. The van der Waals surface area contributed by atoms with Gasteiger partial charge in [0, 0.05) is 0 Å². The summed E-state index contributed by atoms with van der Waals surface area (Å²) in [7, 11) is 0. The molecule has 0 radical (unpaired) electrons. The zero-order valence-electron chi connectivity index (χ0n) is 6.89. The molecule has 2 rings (SSSR count). The van der Waals surface area contributed by atoms with Gasteiger partial charge in [0.1, 0.15) is 5.82 Å². The number of nitrogens with zero attached hydrogens (tertiary/aromatic N) is 4. The second kappa shape index (κ2) is 3.09. The van der Waals surface area contributed by atoms with Gasteiger partial charge in [-0.3, -0.25) is 9.67 Å². The molecule has 2 aromatic heterocycles. The van der Waals surface area contributed by atoms with E-state index >= 15 is 0 Å². The maximum Gasteiger partial charge on any atom is 0.213 e. The summed E-state index contributed by atoms with van der Waals surface area (Å²) < 4.78 is 6.95. The van der Waals surface area contributed by atoms with Gasteiger partial charge in [0.15, 0.2) is 10.6 Å². The van der Waals surface area contributed by atoms with Gasteiger partial charge in [-0.25, -0.2) is 0 Å². The lowest BCUT2D eigenvalue weighted by Gasteiger charge is -1.97. The van der Waals surface area contributed by atoms with E-state index < -0.39 is 0 Å². The predicted molar refractivity (Wildman–Crippen MR) is 45.5 cm³/mol. The molecule has 2 heterocycles. The molecule has 0 aliphatic heterocycles. The Balaban J connectivity index is 2.33. The Labute approximate surface area is 78.6 Å². The first-order valence-corrected chi connectivity index (χ1v) is 4.05. The van der Waals surface area contributed by atoms with Crippen LogP contribution < -0.4 is 0 Å². The molecule has 0 unspecified atom stereocenters. The molecular weight excluding hydrogens is 190 g/mol. The minimum absolute atomic E-state index is 0.484. The highest BCUT2D eigenvalue weighted by Gasteiger charge is 2.04. The van der Waals surface area contributed by atoms with Crippen molar-refractivity contribution >= 4 is 12.2 Å². The predicted octanol–water partition coefficient (Wildman–Crippen LogP) is 0.680. The van der Waals surface area contributed by atoms with E-state index in [0.29, 0.717) is 17.1 Å². The minimum atomic E-state index is 0.484. The van der Waals surface area contributed by atoms with Crippen LogP contribution in [0.2, 0.25) is 0 Å². The van der Waals surface area contributed by atoms with Crippen LogP contribution in [0.4, 0.5) is 0 Å². The summed E-state index contributed by atoms with van der Waals surface area (Å²) in [6, 6.07) is 0. The lowest BCUT2D eigenvalue weighted by molar-refractivity contribution is 0.408. The fraction of sp³-hybridized carbons (Fsp3) is 0.333. The summed E-state index contributed by atoms with van der Waals surface area (Å²) >= 11 is 5.00. The van der Waals surface area contributed by atoms with Gasteiger partial charge in [0.2, 0.25) is 6.39 Å². The maximum absolute atomic E-state index is 5.00. The van der Waals surface area contributed by atoms with Crippen LogP contribution in [0.1, 0.15) is 11.6 Å². The summed E-state index contributed by atoms with van der Waals surface area (Å²) in [5.41, 5.74) is 0. The molecule has 0 aliphatic rings. The Morgan fingerprint density at radius 3 is 3.08 bits per heavy atom. The van der Waals surface area contributed by atoms with Gasteiger partial charge in [-0.2, -0.15) is 10.1 Å². The Morgan fingerprint density at radius 2 is 2.54 bits per heavy atom. The quantitative estimate of drug-likeness (QED) is 0.717. The van der Waals surface area contributed by atoms with E-state index in [1.54, 1.807) is 4.57 Å². The van der Waals surface area contributed by atoms with Crippen molar-refractivity contribution in [3.63, 3.8) is 0 Å². The molecule has 0 aliphatic carbocycles. The molecule has 0 spiro atoms. The molecule has 0 aromatic carbocycles. The van der Waals surface area contributed by atoms with E-state index in [2.05, 4.69) is 24.9 Å². The highest BCUT2D eigenvalue weighted by Crippen LogP contribution is 1.99. The first-order valence-electron chi connectivity index (χ1n) is 3.64. The number of hydrogen-bond acceptors (Lipinski definition) is 5. The monoisotopic (exact) mass is 197 g/mol. The highest BCUT2D eigenvalue weighted by atomic mass is 32.1. The first-order chi connectivity index (χ1) is 6.27. The molecule has 0 bridgehead atoms. The van der Waals surface area contributed by atoms with Crippen LogP contribution in [0.3, 0.4) is 0 Å². The van der Waals surface area contributed by atoms with Crippen molar-refractivity contribution in [2.24, 2.45) is 0 Å². The van der Waals surface area contributed by atoms with E-state index in [4.69, 9.17) is 12.2 Å². The van der Waals surface area contributed by atoms with E-state index in [-0.39, 0.29) is 0 Å². The fourth-order valence-electron chi connectivity index (χ4n) is 0.986. The van der Waals surface area contributed by atoms with Crippen LogP contribution in [-0.4, -0.2) is 24.9 Å². The average molecular weight is 197 g/mol. The van der Waals surface area contributed by atoms with Crippen molar-refractivity contribution in [3.8, 4) is 0 Å². The van der Waals surface area contributed by atoms with Crippen LogP contribution in [0.25, 0.3) is 0 Å².